The van der Waals surface area contributed by atoms with Gasteiger partial charge in [0.2, 0.25) is 0 Å². The predicted molar refractivity (Wildman–Crippen MR) is 81.3 cm³/mol. The molecule has 0 radical (unpaired) electrons. The molecule has 0 bridgehead atoms. The van der Waals surface area contributed by atoms with E-state index in [9.17, 15) is 4.57 Å². The van der Waals surface area contributed by atoms with Crippen molar-refractivity contribution in [2.24, 2.45) is 0 Å². The van der Waals surface area contributed by atoms with E-state index < -0.39 is 23.7 Å². The second-order valence-electron chi connectivity index (χ2n) is 6.51. The Bertz CT molecular complexity index is 257. The van der Waals surface area contributed by atoms with Crippen LogP contribution in [0.2, 0.25) is 39.3 Å². The minimum Gasteiger partial charge on any atom is -0.309 e. The molecule has 0 atom stereocenters. The Kier molecular flexibility index (Phi) is 6.36. The van der Waals surface area contributed by atoms with Crippen molar-refractivity contribution in [2.45, 2.75) is 58.0 Å². The number of rotatable bonds is 7. The maximum Gasteiger partial charge on any atom is 0.328 e. The molecular weight excluding hydrogens is 267 g/mol. The Morgan fingerprint density at radius 2 is 1.18 bits per heavy atom. The van der Waals surface area contributed by atoms with E-state index in [1.807, 2.05) is 13.8 Å². The van der Waals surface area contributed by atoms with E-state index in [0.717, 1.165) is 0 Å². The zero-order chi connectivity index (χ0) is 13.9. The van der Waals surface area contributed by atoms with Crippen molar-refractivity contribution in [3.63, 3.8) is 0 Å². The van der Waals surface area contributed by atoms with Gasteiger partial charge in [-0.2, -0.15) is 0 Å². The molecule has 0 aromatic heterocycles. The Morgan fingerprint density at radius 3 is 1.35 bits per heavy atom. The van der Waals surface area contributed by atoms with E-state index in [1.54, 1.807) is 0 Å². The van der Waals surface area contributed by atoms with Crippen LogP contribution < -0.4 is 0 Å². The summed E-state index contributed by atoms with van der Waals surface area (Å²) in [6.45, 7) is 18.3. The minimum atomic E-state index is -2.95. The van der Waals surface area contributed by atoms with Gasteiger partial charge in [0.05, 0.1) is 29.4 Å². The van der Waals surface area contributed by atoms with Crippen LogP contribution in [0.5, 0.6) is 0 Å². The highest BCUT2D eigenvalue weighted by Crippen LogP contribution is 2.58. The summed E-state index contributed by atoms with van der Waals surface area (Å²) in [5.74, 6) is 0. The van der Waals surface area contributed by atoms with Gasteiger partial charge in [-0.05, 0) is 13.8 Å². The van der Waals surface area contributed by atoms with Crippen LogP contribution in [0, 0.1) is 0 Å². The third-order valence-electron chi connectivity index (χ3n) is 2.57. The zero-order valence-corrected chi connectivity index (χ0v) is 15.6. The maximum absolute atomic E-state index is 13.0. The van der Waals surface area contributed by atoms with Crippen molar-refractivity contribution >= 4 is 23.7 Å². The molecule has 0 rings (SSSR count). The summed E-state index contributed by atoms with van der Waals surface area (Å²) in [7, 11) is -6.12. The van der Waals surface area contributed by atoms with Gasteiger partial charge in [-0.3, -0.25) is 4.57 Å². The molecule has 3 nitrogen and oxygen atoms in total. The van der Waals surface area contributed by atoms with Gasteiger partial charge in [0, 0.05) is 4.91 Å². The van der Waals surface area contributed by atoms with Gasteiger partial charge in [0.15, 0.2) is 0 Å². The molecule has 0 aromatic rings. The summed E-state index contributed by atoms with van der Waals surface area (Å²) in [4.78, 5) is 0.155. The van der Waals surface area contributed by atoms with Gasteiger partial charge in [0.25, 0.3) is 0 Å². The molecule has 0 saturated heterocycles. The molecule has 0 heterocycles. The van der Waals surface area contributed by atoms with Crippen LogP contribution in [0.1, 0.15) is 13.8 Å². The molecule has 0 aliphatic rings. The Labute approximate surface area is 109 Å². The van der Waals surface area contributed by atoms with Crippen molar-refractivity contribution in [1.29, 1.82) is 0 Å². The monoisotopic (exact) mass is 296 g/mol. The van der Waals surface area contributed by atoms with E-state index >= 15 is 0 Å². The number of hydrogen-bond acceptors (Lipinski definition) is 3. The molecule has 0 aliphatic heterocycles. The summed E-state index contributed by atoms with van der Waals surface area (Å²) >= 11 is 0. The average Bonchev–Trinajstić information content (AvgIpc) is 1.97. The Balaban J connectivity index is 5.47. The molecule has 0 aromatic carbocycles. The highest BCUT2D eigenvalue weighted by atomic mass is 31.2. The van der Waals surface area contributed by atoms with E-state index in [-0.39, 0.29) is 4.91 Å². The van der Waals surface area contributed by atoms with Crippen molar-refractivity contribution in [2.75, 3.05) is 13.2 Å². The summed E-state index contributed by atoms with van der Waals surface area (Å²) in [6.07, 6.45) is 0. The first-order valence-electron chi connectivity index (χ1n) is 6.37. The normalized spacial score (nSPS) is 14.4. The molecule has 0 spiro atoms. The third-order valence-corrected chi connectivity index (χ3v) is 19.5. The molecule has 0 unspecified atom stereocenters. The second kappa shape index (κ2) is 6.15. The van der Waals surface area contributed by atoms with E-state index in [0.29, 0.717) is 13.2 Å². The average molecular weight is 296 g/mol. The Morgan fingerprint density at radius 1 is 0.882 bits per heavy atom. The Hall–Kier alpha value is 0.584. The fourth-order valence-electron chi connectivity index (χ4n) is 2.79. The fraction of sp³-hybridized carbons (Fsp3) is 1.00. The van der Waals surface area contributed by atoms with E-state index in [4.69, 9.17) is 9.05 Å². The van der Waals surface area contributed by atoms with Gasteiger partial charge in [0.1, 0.15) is 0 Å². The van der Waals surface area contributed by atoms with E-state index in [2.05, 4.69) is 39.3 Å². The minimum absolute atomic E-state index is 0.155. The third kappa shape index (κ3) is 4.99. The van der Waals surface area contributed by atoms with Crippen LogP contribution in [-0.2, 0) is 13.6 Å². The molecule has 6 heteroatoms. The molecule has 0 saturated carbocycles. The maximum atomic E-state index is 13.0. The lowest BCUT2D eigenvalue weighted by atomic mass is 10.9. The van der Waals surface area contributed by atoms with Crippen LogP contribution in [0.4, 0.5) is 0 Å². The predicted octanol–water partition coefficient (Wildman–Crippen LogP) is 4.38. The molecule has 17 heavy (non-hydrogen) atoms. The lowest BCUT2D eigenvalue weighted by molar-refractivity contribution is 0.221. The molecule has 0 aliphatic carbocycles. The van der Waals surface area contributed by atoms with Crippen LogP contribution in [-0.4, -0.2) is 34.3 Å². The van der Waals surface area contributed by atoms with Crippen molar-refractivity contribution < 1.29 is 13.6 Å². The van der Waals surface area contributed by atoms with Crippen molar-refractivity contribution in [3.8, 4) is 0 Å². The highest BCUT2D eigenvalue weighted by molar-refractivity contribution is 7.62. The van der Waals surface area contributed by atoms with Crippen molar-refractivity contribution in [1.82, 2.24) is 0 Å². The van der Waals surface area contributed by atoms with Gasteiger partial charge < -0.3 is 9.05 Å². The number of hydrogen-bond donors (Lipinski definition) is 0. The SMILES string of the molecule is CCOP(=O)(OCC)C([Si](C)(C)C)[Si](C)(C)C. The second-order valence-corrected chi connectivity index (χ2v) is 20.8. The molecule has 0 N–H and O–H groups in total. The van der Waals surface area contributed by atoms with E-state index in [1.165, 1.54) is 0 Å². The fourth-order valence-corrected chi connectivity index (χ4v) is 22.8. The standard InChI is InChI=1S/C11H29O3PSi2/c1-9-13-15(12,14-10-2)11(16(3,4)5)17(6,7)8/h11H,9-10H2,1-8H3. The molecule has 0 fully saturated rings. The first-order chi connectivity index (χ1) is 7.49. The highest BCUT2D eigenvalue weighted by Gasteiger charge is 2.51. The van der Waals surface area contributed by atoms with Crippen LogP contribution >= 0.6 is 7.60 Å². The van der Waals surface area contributed by atoms with Crippen LogP contribution in [0.15, 0.2) is 0 Å². The first-order valence-corrected chi connectivity index (χ1v) is 15.1. The van der Waals surface area contributed by atoms with Gasteiger partial charge >= 0.3 is 7.60 Å². The first kappa shape index (κ1) is 17.6. The van der Waals surface area contributed by atoms with Gasteiger partial charge in [-0.1, -0.05) is 39.3 Å². The molecular formula is C11H29O3PSi2. The lowest BCUT2D eigenvalue weighted by Gasteiger charge is -2.41. The quantitative estimate of drug-likeness (QED) is 0.517. The topological polar surface area (TPSA) is 35.5 Å². The summed E-state index contributed by atoms with van der Waals surface area (Å²) in [5.41, 5.74) is 0. The summed E-state index contributed by atoms with van der Waals surface area (Å²) in [6, 6.07) is 0. The largest absolute Gasteiger partial charge is 0.328 e. The van der Waals surface area contributed by atoms with Crippen LogP contribution in [0.25, 0.3) is 0 Å². The molecule has 104 valence electrons. The molecule has 0 amide bonds. The van der Waals surface area contributed by atoms with Crippen LogP contribution in [0.3, 0.4) is 0 Å². The summed E-state index contributed by atoms with van der Waals surface area (Å²) < 4.78 is 24.2. The van der Waals surface area contributed by atoms with Crippen molar-refractivity contribution in [3.05, 3.63) is 0 Å². The van der Waals surface area contributed by atoms with Gasteiger partial charge in [-0.25, -0.2) is 0 Å². The lowest BCUT2D eigenvalue weighted by Crippen LogP contribution is -2.54. The smallest absolute Gasteiger partial charge is 0.309 e. The zero-order valence-electron chi connectivity index (χ0n) is 12.7. The van der Waals surface area contributed by atoms with Gasteiger partial charge in [-0.15, -0.1) is 0 Å². The summed E-state index contributed by atoms with van der Waals surface area (Å²) in [5, 5.41) is 0.